The summed E-state index contributed by atoms with van der Waals surface area (Å²) in [5.41, 5.74) is 0. The Bertz CT molecular complexity index is 117. The van der Waals surface area contributed by atoms with E-state index in [1.54, 1.807) is 0 Å². The summed E-state index contributed by atoms with van der Waals surface area (Å²) in [4.78, 5) is 0. The topological polar surface area (TPSA) is 0 Å². The first kappa shape index (κ1) is 13.0. The number of hydrogen-bond acceptors (Lipinski definition) is 0. The highest BCUT2D eigenvalue weighted by molar-refractivity contribution is 4.71. The molecule has 0 aliphatic heterocycles. The molecule has 0 aromatic carbocycles. The zero-order chi connectivity index (χ0) is 10.4. The predicted molar refractivity (Wildman–Crippen MR) is 61.9 cm³/mol. The molecule has 0 fully saturated rings. The van der Waals surface area contributed by atoms with Crippen LogP contribution in [0.5, 0.6) is 0 Å². The summed E-state index contributed by atoms with van der Waals surface area (Å²) in [6.07, 6.45) is 4.05. The third kappa shape index (κ3) is 4.15. The van der Waals surface area contributed by atoms with Crippen LogP contribution in [0.3, 0.4) is 0 Å². The van der Waals surface area contributed by atoms with Gasteiger partial charge in [-0.1, -0.05) is 60.8 Å². The monoisotopic (exact) mass is 184 g/mol. The molecule has 0 aliphatic rings. The molecule has 0 saturated carbocycles. The Morgan fingerprint density at radius 3 is 1.62 bits per heavy atom. The molecule has 0 heteroatoms. The molecular weight excluding hydrogens is 156 g/mol. The van der Waals surface area contributed by atoms with E-state index in [9.17, 15) is 0 Å². The van der Waals surface area contributed by atoms with Crippen molar-refractivity contribution >= 4 is 0 Å². The molecule has 0 aromatic heterocycles. The molecule has 0 rings (SSSR count). The molecule has 0 aromatic rings. The van der Waals surface area contributed by atoms with E-state index in [1.807, 2.05) is 0 Å². The Hall–Kier alpha value is 0. The molecule has 0 saturated heterocycles. The average molecular weight is 184 g/mol. The lowest BCUT2D eigenvalue weighted by atomic mass is 9.76. The lowest BCUT2D eigenvalue weighted by Gasteiger charge is -2.30. The van der Waals surface area contributed by atoms with E-state index in [4.69, 9.17) is 0 Å². The second kappa shape index (κ2) is 6.45. The lowest BCUT2D eigenvalue weighted by molar-refractivity contribution is 0.200. The maximum absolute atomic E-state index is 2.43. The highest BCUT2D eigenvalue weighted by Gasteiger charge is 2.21. The Morgan fingerprint density at radius 1 is 0.769 bits per heavy atom. The minimum atomic E-state index is 0.881. The van der Waals surface area contributed by atoms with Crippen molar-refractivity contribution in [3.63, 3.8) is 0 Å². The first-order valence-corrected chi connectivity index (χ1v) is 6.04. The molecule has 0 spiro atoms. The van der Waals surface area contributed by atoms with Crippen molar-refractivity contribution in [1.82, 2.24) is 0 Å². The van der Waals surface area contributed by atoms with Crippen LogP contribution in [0.25, 0.3) is 0 Å². The van der Waals surface area contributed by atoms with Gasteiger partial charge in [0.05, 0.1) is 0 Å². The van der Waals surface area contributed by atoms with E-state index in [1.165, 1.54) is 19.3 Å². The van der Waals surface area contributed by atoms with Crippen molar-refractivity contribution in [1.29, 1.82) is 0 Å². The Kier molecular flexibility index (Phi) is 6.45. The second-order valence-corrected chi connectivity index (χ2v) is 4.87. The van der Waals surface area contributed by atoms with Crippen molar-refractivity contribution in [3.05, 3.63) is 0 Å². The quantitative estimate of drug-likeness (QED) is 0.559. The summed E-state index contributed by atoms with van der Waals surface area (Å²) in [5.74, 6) is 3.55. The normalized spacial score (nSPS) is 20.8. The van der Waals surface area contributed by atoms with Gasteiger partial charge in [0.1, 0.15) is 0 Å². The maximum Gasteiger partial charge on any atom is -0.0389 e. The summed E-state index contributed by atoms with van der Waals surface area (Å²) >= 11 is 0. The van der Waals surface area contributed by atoms with Crippen molar-refractivity contribution in [2.75, 3.05) is 0 Å². The van der Waals surface area contributed by atoms with Gasteiger partial charge < -0.3 is 0 Å². The van der Waals surface area contributed by atoms with Crippen LogP contribution in [0.1, 0.15) is 60.8 Å². The average Bonchev–Trinajstić information content (AvgIpc) is 2.14. The Balaban J connectivity index is 3.99. The number of rotatable bonds is 6. The highest BCUT2D eigenvalue weighted by Crippen LogP contribution is 2.30. The van der Waals surface area contributed by atoms with E-state index in [-0.39, 0.29) is 0 Å². The van der Waals surface area contributed by atoms with Crippen LogP contribution >= 0.6 is 0 Å². The molecule has 0 nitrogen and oxygen atoms in total. The SMILES string of the molecule is CCCC(C)C(C)C(C)C(C)CC. The van der Waals surface area contributed by atoms with Gasteiger partial charge in [0, 0.05) is 0 Å². The molecule has 4 atom stereocenters. The first-order chi connectivity index (χ1) is 6.04. The van der Waals surface area contributed by atoms with Crippen LogP contribution in [0.2, 0.25) is 0 Å². The molecule has 0 heterocycles. The van der Waals surface area contributed by atoms with Crippen molar-refractivity contribution in [2.24, 2.45) is 23.7 Å². The molecule has 4 unspecified atom stereocenters. The van der Waals surface area contributed by atoms with Crippen LogP contribution in [0.4, 0.5) is 0 Å². The van der Waals surface area contributed by atoms with Crippen molar-refractivity contribution < 1.29 is 0 Å². The largest absolute Gasteiger partial charge is 0.0654 e. The molecule has 0 radical (unpaired) electrons. The van der Waals surface area contributed by atoms with Gasteiger partial charge in [-0.25, -0.2) is 0 Å². The van der Waals surface area contributed by atoms with E-state index in [2.05, 4.69) is 41.5 Å². The van der Waals surface area contributed by atoms with Crippen LogP contribution in [0.15, 0.2) is 0 Å². The van der Waals surface area contributed by atoms with Gasteiger partial charge in [-0.05, 0) is 23.7 Å². The van der Waals surface area contributed by atoms with Crippen molar-refractivity contribution in [3.8, 4) is 0 Å². The molecule has 0 amide bonds. The smallest absolute Gasteiger partial charge is 0.0389 e. The molecule has 0 aliphatic carbocycles. The Morgan fingerprint density at radius 2 is 1.23 bits per heavy atom. The summed E-state index contributed by atoms with van der Waals surface area (Å²) in [6.45, 7) is 14.2. The van der Waals surface area contributed by atoms with Gasteiger partial charge in [0.2, 0.25) is 0 Å². The van der Waals surface area contributed by atoms with Gasteiger partial charge in [-0.3, -0.25) is 0 Å². The molecule has 0 bridgehead atoms. The number of hydrogen-bond donors (Lipinski definition) is 0. The predicted octanol–water partition coefficient (Wildman–Crippen LogP) is 4.74. The highest BCUT2D eigenvalue weighted by atomic mass is 14.3. The lowest BCUT2D eigenvalue weighted by Crippen LogP contribution is -2.21. The summed E-state index contributed by atoms with van der Waals surface area (Å²) in [5, 5.41) is 0. The van der Waals surface area contributed by atoms with Crippen molar-refractivity contribution in [2.45, 2.75) is 60.8 Å². The maximum atomic E-state index is 2.43. The van der Waals surface area contributed by atoms with Gasteiger partial charge in [0.15, 0.2) is 0 Å². The van der Waals surface area contributed by atoms with E-state index in [0.29, 0.717) is 0 Å². The third-order valence-electron chi connectivity index (χ3n) is 4.01. The van der Waals surface area contributed by atoms with Gasteiger partial charge in [-0.2, -0.15) is 0 Å². The molecule has 80 valence electrons. The minimum Gasteiger partial charge on any atom is -0.0654 e. The molecule has 0 N–H and O–H groups in total. The third-order valence-corrected chi connectivity index (χ3v) is 4.01. The van der Waals surface area contributed by atoms with Crippen LogP contribution in [-0.2, 0) is 0 Å². The van der Waals surface area contributed by atoms with E-state index < -0.39 is 0 Å². The van der Waals surface area contributed by atoms with Gasteiger partial charge >= 0.3 is 0 Å². The first-order valence-electron chi connectivity index (χ1n) is 6.04. The Labute approximate surface area is 85.1 Å². The van der Waals surface area contributed by atoms with Crippen LogP contribution in [0, 0.1) is 23.7 Å². The molecule has 13 heavy (non-hydrogen) atoms. The van der Waals surface area contributed by atoms with Gasteiger partial charge in [-0.15, -0.1) is 0 Å². The summed E-state index contributed by atoms with van der Waals surface area (Å²) in [7, 11) is 0. The summed E-state index contributed by atoms with van der Waals surface area (Å²) < 4.78 is 0. The fourth-order valence-corrected chi connectivity index (χ4v) is 2.13. The van der Waals surface area contributed by atoms with Gasteiger partial charge in [0.25, 0.3) is 0 Å². The molecular formula is C13H28. The zero-order valence-corrected chi connectivity index (χ0v) is 10.4. The van der Waals surface area contributed by atoms with Crippen LogP contribution < -0.4 is 0 Å². The summed E-state index contributed by atoms with van der Waals surface area (Å²) in [6, 6.07) is 0. The zero-order valence-electron chi connectivity index (χ0n) is 10.4. The van der Waals surface area contributed by atoms with E-state index in [0.717, 1.165) is 23.7 Å². The fourth-order valence-electron chi connectivity index (χ4n) is 2.13. The fraction of sp³-hybridized carbons (Fsp3) is 1.00. The van der Waals surface area contributed by atoms with Crippen LogP contribution in [-0.4, -0.2) is 0 Å². The van der Waals surface area contributed by atoms with E-state index >= 15 is 0 Å². The minimum absolute atomic E-state index is 0.881. The standard InChI is InChI=1S/C13H28/c1-7-9-11(4)13(6)12(5)10(3)8-2/h10-13H,7-9H2,1-6H3. The second-order valence-electron chi connectivity index (χ2n) is 4.87.